The van der Waals surface area contributed by atoms with E-state index in [0.717, 1.165) is 37.0 Å². The topological polar surface area (TPSA) is 65.7 Å². The van der Waals surface area contributed by atoms with Gasteiger partial charge >= 0.3 is 7.12 Å². The lowest BCUT2D eigenvalue weighted by atomic mass is 9.77. The highest BCUT2D eigenvalue weighted by Crippen LogP contribution is 2.37. The molecule has 7 heteroatoms. The predicted molar refractivity (Wildman–Crippen MR) is 87.4 cm³/mol. The van der Waals surface area contributed by atoms with Gasteiger partial charge in [-0.15, -0.1) is 0 Å². The molecule has 3 rings (SSSR count). The van der Waals surface area contributed by atoms with Crippen LogP contribution in [0.1, 0.15) is 64.6 Å². The van der Waals surface area contributed by atoms with Crippen LogP contribution >= 0.6 is 0 Å². The molecule has 6 nitrogen and oxygen atoms in total. The van der Waals surface area contributed by atoms with Gasteiger partial charge < -0.3 is 19.2 Å². The molecule has 0 radical (unpaired) electrons. The Bertz CT molecular complexity index is 563. The van der Waals surface area contributed by atoms with Crippen molar-refractivity contribution in [3.05, 3.63) is 11.4 Å². The molecule has 2 aliphatic rings. The van der Waals surface area contributed by atoms with Crippen molar-refractivity contribution in [2.24, 2.45) is 0 Å². The van der Waals surface area contributed by atoms with Gasteiger partial charge in [0.05, 0.1) is 23.5 Å². The largest absolute Gasteiger partial charge is 0.498 e. The third-order valence-electron chi connectivity index (χ3n) is 5.34. The van der Waals surface area contributed by atoms with Crippen molar-refractivity contribution < 1.29 is 19.2 Å². The van der Waals surface area contributed by atoms with E-state index in [2.05, 4.69) is 5.10 Å². The van der Waals surface area contributed by atoms with Crippen LogP contribution in [0, 0.1) is 6.92 Å². The normalized spacial score (nSPS) is 26.7. The molecule has 3 heterocycles. The van der Waals surface area contributed by atoms with E-state index in [1.165, 1.54) is 0 Å². The molecule has 1 atom stereocenters. The van der Waals surface area contributed by atoms with Crippen molar-refractivity contribution in [3.8, 4) is 0 Å². The monoisotopic (exact) mass is 322 g/mol. The van der Waals surface area contributed by atoms with Crippen molar-refractivity contribution in [2.75, 3.05) is 6.61 Å². The number of hydrogen-bond acceptors (Lipinski definition) is 5. The minimum Gasteiger partial charge on any atom is -0.399 e. The fourth-order valence-electron chi connectivity index (χ4n) is 3.17. The molecular formula is C16H27BN2O4. The van der Waals surface area contributed by atoms with Crippen LogP contribution in [0.15, 0.2) is 0 Å². The summed E-state index contributed by atoms with van der Waals surface area (Å²) in [7, 11) is -0.514. The molecule has 1 aromatic rings. The first-order valence-electron chi connectivity index (χ1n) is 8.43. The SMILES string of the molecule is Cc1c(B2OC(C)(C)C(C)(C)O2)c(CO)nn1C1CCCCO1. The van der Waals surface area contributed by atoms with Crippen LogP contribution in [0.3, 0.4) is 0 Å². The zero-order chi connectivity index (χ0) is 16.8. The molecule has 1 aromatic heterocycles. The standard InChI is InChI=1S/C16H27BN2O4/c1-11-14(17-22-15(2,3)16(4,5)23-17)12(10-20)18-19(11)13-8-6-7-9-21-13/h13,20H,6-10H2,1-5H3. The zero-order valence-corrected chi connectivity index (χ0v) is 14.8. The number of aliphatic hydroxyl groups is 1. The molecule has 2 saturated heterocycles. The quantitative estimate of drug-likeness (QED) is 0.858. The second kappa shape index (κ2) is 5.88. The summed E-state index contributed by atoms with van der Waals surface area (Å²) in [6.07, 6.45) is 3.10. The van der Waals surface area contributed by atoms with E-state index in [-0.39, 0.29) is 12.8 Å². The van der Waals surface area contributed by atoms with Gasteiger partial charge in [-0.25, -0.2) is 4.68 Å². The Morgan fingerprint density at radius 3 is 2.39 bits per heavy atom. The summed E-state index contributed by atoms with van der Waals surface area (Å²) in [5.74, 6) is 0. The van der Waals surface area contributed by atoms with Crippen LogP contribution in [0.4, 0.5) is 0 Å². The second-order valence-corrected chi connectivity index (χ2v) is 7.46. The van der Waals surface area contributed by atoms with Crippen LogP contribution < -0.4 is 5.46 Å². The highest BCUT2D eigenvalue weighted by atomic mass is 16.7. The molecule has 1 unspecified atom stereocenters. The Balaban J connectivity index is 1.95. The molecule has 23 heavy (non-hydrogen) atoms. The summed E-state index contributed by atoms with van der Waals surface area (Å²) in [4.78, 5) is 0. The van der Waals surface area contributed by atoms with E-state index < -0.39 is 18.3 Å². The maximum Gasteiger partial charge on any atom is 0.498 e. The molecule has 2 aliphatic heterocycles. The van der Waals surface area contributed by atoms with Crippen LogP contribution in [-0.4, -0.2) is 39.8 Å². The van der Waals surface area contributed by atoms with Crippen molar-refractivity contribution in [2.45, 2.75) is 77.9 Å². The molecule has 2 fully saturated rings. The highest BCUT2D eigenvalue weighted by molar-refractivity contribution is 6.63. The van der Waals surface area contributed by atoms with Crippen LogP contribution in [0.5, 0.6) is 0 Å². The maximum atomic E-state index is 9.75. The van der Waals surface area contributed by atoms with Gasteiger partial charge in [-0.1, -0.05) is 0 Å². The van der Waals surface area contributed by atoms with Gasteiger partial charge in [0.1, 0.15) is 6.23 Å². The van der Waals surface area contributed by atoms with Gasteiger partial charge in [-0.2, -0.15) is 5.10 Å². The number of ether oxygens (including phenoxy) is 1. The average molecular weight is 322 g/mol. The van der Waals surface area contributed by atoms with E-state index in [1.54, 1.807) is 0 Å². The summed E-state index contributed by atoms with van der Waals surface area (Å²) in [5.41, 5.74) is 1.55. The van der Waals surface area contributed by atoms with Crippen molar-refractivity contribution in [3.63, 3.8) is 0 Å². The molecular weight excluding hydrogens is 295 g/mol. The molecule has 0 aromatic carbocycles. The molecule has 0 aliphatic carbocycles. The van der Waals surface area contributed by atoms with E-state index in [9.17, 15) is 5.11 Å². The summed E-state index contributed by atoms with van der Waals surface area (Å²) >= 11 is 0. The summed E-state index contributed by atoms with van der Waals surface area (Å²) in [5, 5.41) is 14.3. The van der Waals surface area contributed by atoms with Gasteiger partial charge in [-0.05, 0) is 53.9 Å². The minimum absolute atomic E-state index is 0.0646. The van der Waals surface area contributed by atoms with Crippen LogP contribution in [0.2, 0.25) is 0 Å². The van der Waals surface area contributed by atoms with Crippen LogP contribution in [0.25, 0.3) is 0 Å². The van der Waals surface area contributed by atoms with E-state index in [0.29, 0.717) is 5.69 Å². The van der Waals surface area contributed by atoms with Gasteiger partial charge in [0.25, 0.3) is 0 Å². The predicted octanol–water partition coefficient (Wildman–Crippen LogP) is 1.68. The molecule has 0 bridgehead atoms. The smallest absolute Gasteiger partial charge is 0.399 e. The number of aromatic nitrogens is 2. The molecule has 1 N–H and O–H groups in total. The third kappa shape index (κ3) is 2.84. The average Bonchev–Trinajstić information content (AvgIpc) is 2.93. The molecule has 0 amide bonds. The molecule has 0 saturated carbocycles. The van der Waals surface area contributed by atoms with Gasteiger partial charge in [-0.3, -0.25) is 0 Å². The van der Waals surface area contributed by atoms with E-state index in [1.807, 2.05) is 39.3 Å². The van der Waals surface area contributed by atoms with Gasteiger partial charge in [0.15, 0.2) is 0 Å². The van der Waals surface area contributed by atoms with Crippen molar-refractivity contribution in [1.29, 1.82) is 0 Å². The molecule has 0 spiro atoms. The Morgan fingerprint density at radius 1 is 1.22 bits per heavy atom. The third-order valence-corrected chi connectivity index (χ3v) is 5.34. The first kappa shape index (κ1) is 17.0. The number of nitrogens with zero attached hydrogens (tertiary/aromatic N) is 2. The summed E-state index contributed by atoms with van der Waals surface area (Å²) in [6, 6.07) is 0. The number of rotatable bonds is 3. The van der Waals surface area contributed by atoms with E-state index in [4.69, 9.17) is 14.0 Å². The first-order chi connectivity index (χ1) is 10.8. The van der Waals surface area contributed by atoms with Crippen molar-refractivity contribution >= 4 is 12.6 Å². The van der Waals surface area contributed by atoms with Gasteiger partial charge in [0, 0.05) is 17.8 Å². The van der Waals surface area contributed by atoms with Crippen LogP contribution in [-0.2, 0) is 20.7 Å². The lowest BCUT2D eigenvalue weighted by Crippen LogP contribution is -2.41. The number of aliphatic hydroxyl groups excluding tert-OH is 1. The first-order valence-corrected chi connectivity index (χ1v) is 8.43. The highest BCUT2D eigenvalue weighted by Gasteiger charge is 2.53. The minimum atomic E-state index is -0.514. The maximum absolute atomic E-state index is 9.75. The fraction of sp³-hybridized carbons (Fsp3) is 0.812. The lowest BCUT2D eigenvalue weighted by Gasteiger charge is -2.32. The zero-order valence-electron chi connectivity index (χ0n) is 14.8. The summed E-state index contributed by atoms with van der Waals surface area (Å²) in [6.45, 7) is 10.7. The summed E-state index contributed by atoms with van der Waals surface area (Å²) < 4.78 is 20.0. The van der Waals surface area contributed by atoms with Crippen molar-refractivity contribution in [1.82, 2.24) is 9.78 Å². The number of hydrogen-bond donors (Lipinski definition) is 1. The molecule has 128 valence electrons. The Hall–Kier alpha value is -0.885. The Kier molecular flexibility index (Phi) is 4.34. The Morgan fingerprint density at radius 2 is 1.87 bits per heavy atom. The lowest BCUT2D eigenvalue weighted by molar-refractivity contribution is -0.0409. The van der Waals surface area contributed by atoms with Gasteiger partial charge in [0.2, 0.25) is 0 Å². The second-order valence-electron chi connectivity index (χ2n) is 7.46. The fourth-order valence-corrected chi connectivity index (χ4v) is 3.17. The van der Waals surface area contributed by atoms with E-state index >= 15 is 0 Å². The Labute approximate surface area is 138 Å².